The molecule has 0 spiro atoms. The Balaban J connectivity index is 2.48. The SMILES string of the molecule is CCCCCCCCC(=O)NC(NC(=S)Nc1ccc(OC)cc1)C(Cl)(Cl)Cl. The number of halogens is 3. The Morgan fingerprint density at radius 2 is 1.68 bits per heavy atom. The lowest BCUT2D eigenvalue weighted by atomic mass is 10.1. The molecule has 1 unspecified atom stereocenters. The van der Waals surface area contributed by atoms with Crippen LogP contribution in [0.1, 0.15) is 51.9 Å². The smallest absolute Gasteiger partial charge is 0.228 e. The fourth-order valence-corrected chi connectivity index (χ4v) is 3.03. The summed E-state index contributed by atoms with van der Waals surface area (Å²) in [5.41, 5.74) is 0.736. The summed E-state index contributed by atoms with van der Waals surface area (Å²) >= 11 is 23.3. The highest BCUT2D eigenvalue weighted by molar-refractivity contribution is 7.80. The first-order chi connectivity index (χ1) is 13.3. The number of hydrogen-bond donors (Lipinski definition) is 3. The van der Waals surface area contributed by atoms with Crippen LogP contribution >= 0.6 is 47.0 Å². The highest BCUT2D eigenvalue weighted by Gasteiger charge is 2.34. The maximum Gasteiger partial charge on any atom is 0.228 e. The van der Waals surface area contributed by atoms with Gasteiger partial charge in [0.1, 0.15) is 11.9 Å². The molecule has 0 saturated heterocycles. The lowest BCUT2D eigenvalue weighted by Gasteiger charge is -2.27. The van der Waals surface area contributed by atoms with Crippen LogP contribution in [0.25, 0.3) is 0 Å². The number of ether oxygens (including phenoxy) is 1. The van der Waals surface area contributed by atoms with Crippen LogP contribution in [-0.4, -0.2) is 28.1 Å². The number of alkyl halides is 3. The van der Waals surface area contributed by atoms with Crippen molar-refractivity contribution in [1.82, 2.24) is 10.6 Å². The third-order valence-corrected chi connectivity index (χ3v) is 4.89. The van der Waals surface area contributed by atoms with Crippen LogP contribution in [0.2, 0.25) is 0 Å². The van der Waals surface area contributed by atoms with Crippen molar-refractivity contribution in [2.75, 3.05) is 12.4 Å². The van der Waals surface area contributed by atoms with Gasteiger partial charge in [-0.25, -0.2) is 0 Å². The Morgan fingerprint density at radius 1 is 1.07 bits per heavy atom. The normalized spacial score (nSPS) is 12.2. The second-order valence-corrected chi connectivity index (χ2v) is 9.16. The zero-order chi connectivity index (χ0) is 21.0. The van der Waals surface area contributed by atoms with Gasteiger partial charge >= 0.3 is 0 Å². The van der Waals surface area contributed by atoms with Crippen molar-refractivity contribution < 1.29 is 9.53 Å². The molecule has 0 radical (unpaired) electrons. The average Bonchev–Trinajstić information content (AvgIpc) is 2.64. The summed E-state index contributed by atoms with van der Waals surface area (Å²) in [5, 5.41) is 8.75. The van der Waals surface area contributed by atoms with Crippen LogP contribution in [0, 0.1) is 0 Å². The van der Waals surface area contributed by atoms with Crippen LogP contribution in [0.3, 0.4) is 0 Å². The number of hydrogen-bond acceptors (Lipinski definition) is 3. The van der Waals surface area contributed by atoms with Crippen molar-refractivity contribution in [3.8, 4) is 5.75 Å². The van der Waals surface area contributed by atoms with Crippen molar-refractivity contribution in [3.63, 3.8) is 0 Å². The van der Waals surface area contributed by atoms with E-state index in [1.165, 1.54) is 19.3 Å². The van der Waals surface area contributed by atoms with Gasteiger partial charge in [0.2, 0.25) is 9.70 Å². The Kier molecular flexibility index (Phi) is 11.9. The maximum atomic E-state index is 12.2. The molecule has 1 rings (SSSR count). The summed E-state index contributed by atoms with van der Waals surface area (Å²) in [7, 11) is 1.59. The Hall–Kier alpha value is -0.950. The zero-order valence-electron chi connectivity index (χ0n) is 16.2. The zero-order valence-corrected chi connectivity index (χ0v) is 19.3. The Morgan fingerprint density at radius 3 is 2.25 bits per heavy atom. The molecule has 1 amide bonds. The molecule has 0 aliphatic carbocycles. The first-order valence-corrected chi connectivity index (χ1v) is 10.9. The van der Waals surface area contributed by atoms with E-state index in [0.717, 1.165) is 30.7 Å². The molecule has 0 aliphatic rings. The van der Waals surface area contributed by atoms with Gasteiger partial charge in [0, 0.05) is 12.1 Å². The first-order valence-electron chi connectivity index (χ1n) is 9.34. The highest BCUT2D eigenvalue weighted by Crippen LogP contribution is 2.29. The number of carbonyl (C=O) groups is 1. The first kappa shape index (κ1) is 25.1. The molecular formula is C19H28Cl3N3O2S. The van der Waals surface area contributed by atoms with E-state index in [4.69, 9.17) is 51.8 Å². The van der Waals surface area contributed by atoms with Crippen LogP contribution in [-0.2, 0) is 4.79 Å². The van der Waals surface area contributed by atoms with E-state index in [0.29, 0.717) is 6.42 Å². The van der Waals surface area contributed by atoms with E-state index >= 15 is 0 Å². The molecule has 0 fully saturated rings. The van der Waals surface area contributed by atoms with Crippen LogP contribution in [0.5, 0.6) is 5.75 Å². The van der Waals surface area contributed by atoms with Gasteiger partial charge in [-0.2, -0.15) is 0 Å². The lowest BCUT2D eigenvalue weighted by Crippen LogP contribution is -2.56. The van der Waals surface area contributed by atoms with Gasteiger partial charge in [0.25, 0.3) is 0 Å². The van der Waals surface area contributed by atoms with E-state index in [-0.39, 0.29) is 11.0 Å². The van der Waals surface area contributed by atoms with Gasteiger partial charge < -0.3 is 20.7 Å². The molecular weight excluding hydrogens is 441 g/mol. The van der Waals surface area contributed by atoms with E-state index in [9.17, 15) is 4.79 Å². The number of thiocarbonyl (C=S) groups is 1. The van der Waals surface area contributed by atoms with Gasteiger partial charge in [-0.05, 0) is 42.9 Å². The van der Waals surface area contributed by atoms with Gasteiger partial charge in [0.15, 0.2) is 5.11 Å². The standard InChI is InChI=1S/C19H28Cl3N3O2S/c1-3-4-5-6-7-8-9-16(26)24-17(19(20,21)22)25-18(28)23-14-10-12-15(27-2)13-11-14/h10-13,17H,3-9H2,1-2H3,(H,24,26)(H2,23,25,28). The van der Waals surface area contributed by atoms with E-state index < -0.39 is 9.96 Å². The second kappa shape index (κ2) is 13.3. The summed E-state index contributed by atoms with van der Waals surface area (Å²) in [6.07, 6.45) is 5.98. The van der Waals surface area contributed by atoms with E-state index in [1.807, 2.05) is 0 Å². The fraction of sp³-hybridized carbons (Fsp3) is 0.579. The van der Waals surface area contributed by atoms with Gasteiger partial charge in [0.05, 0.1) is 7.11 Å². The quantitative estimate of drug-likeness (QED) is 0.172. The number of unbranched alkanes of at least 4 members (excludes halogenated alkanes) is 5. The highest BCUT2D eigenvalue weighted by atomic mass is 35.6. The van der Waals surface area contributed by atoms with Crippen molar-refractivity contribution in [1.29, 1.82) is 0 Å². The van der Waals surface area contributed by atoms with Crippen LogP contribution in [0.15, 0.2) is 24.3 Å². The Bertz CT molecular complexity index is 609. The number of benzene rings is 1. The molecule has 1 aromatic carbocycles. The number of nitrogens with one attached hydrogen (secondary N) is 3. The molecule has 0 saturated carbocycles. The molecule has 9 heteroatoms. The van der Waals surface area contributed by atoms with E-state index in [2.05, 4.69) is 22.9 Å². The number of anilines is 1. The van der Waals surface area contributed by atoms with Gasteiger partial charge in [-0.3, -0.25) is 4.79 Å². The molecule has 0 aliphatic heterocycles. The molecule has 1 aromatic rings. The van der Waals surface area contributed by atoms with Crippen molar-refractivity contribution >= 4 is 63.7 Å². The van der Waals surface area contributed by atoms with Crippen molar-refractivity contribution in [3.05, 3.63) is 24.3 Å². The Labute approximate surface area is 187 Å². The van der Waals surface area contributed by atoms with E-state index in [1.54, 1.807) is 31.4 Å². The van der Waals surface area contributed by atoms with Crippen LogP contribution in [0.4, 0.5) is 5.69 Å². The minimum absolute atomic E-state index is 0.188. The number of carbonyl (C=O) groups excluding carboxylic acids is 1. The number of amides is 1. The molecule has 5 nitrogen and oxygen atoms in total. The molecule has 3 N–H and O–H groups in total. The largest absolute Gasteiger partial charge is 0.497 e. The molecule has 0 bridgehead atoms. The third-order valence-electron chi connectivity index (χ3n) is 4.01. The van der Waals surface area contributed by atoms with Crippen LogP contribution < -0.4 is 20.7 Å². The maximum absolute atomic E-state index is 12.2. The average molecular weight is 469 g/mol. The van der Waals surface area contributed by atoms with Crippen molar-refractivity contribution in [2.24, 2.45) is 0 Å². The molecule has 28 heavy (non-hydrogen) atoms. The number of methoxy groups -OCH3 is 1. The fourth-order valence-electron chi connectivity index (χ4n) is 2.47. The molecule has 1 atom stereocenters. The summed E-state index contributed by atoms with van der Waals surface area (Å²) in [5.74, 6) is 0.539. The number of rotatable bonds is 11. The second-order valence-electron chi connectivity index (χ2n) is 6.39. The predicted octanol–water partition coefficient (Wildman–Crippen LogP) is 5.54. The monoisotopic (exact) mass is 467 g/mol. The lowest BCUT2D eigenvalue weighted by molar-refractivity contribution is -0.122. The summed E-state index contributed by atoms with van der Waals surface area (Å²) in [6.45, 7) is 2.17. The minimum atomic E-state index is -1.76. The molecule has 158 valence electrons. The third kappa shape index (κ3) is 10.6. The van der Waals surface area contributed by atoms with Gasteiger partial charge in [-0.1, -0.05) is 73.8 Å². The van der Waals surface area contributed by atoms with Gasteiger partial charge in [-0.15, -0.1) is 0 Å². The van der Waals surface area contributed by atoms with Crippen molar-refractivity contribution in [2.45, 2.75) is 61.8 Å². The molecule has 0 aromatic heterocycles. The summed E-state index contributed by atoms with van der Waals surface area (Å²) in [6, 6.07) is 7.18. The summed E-state index contributed by atoms with van der Waals surface area (Å²) < 4.78 is 3.35. The predicted molar refractivity (Wildman–Crippen MR) is 123 cm³/mol. The molecule has 0 heterocycles. The summed E-state index contributed by atoms with van der Waals surface area (Å²) in [4.78, 5) is 12.2. The topological polar surface area (TPSA) is 62.4 Å². The minimum Gasteiger partial charge on any atom is -0.497 e.